The molecule has 0 rings (SSSR count). The van der Waals surface area contributed by atoms with Crippen LogP contribution >= 0.6 is 0 Å². The summed E-state index contributed by atoms with van der Waals surface area (Å²) in [5.74, 6) is -0.548. The van der Waals surface area contributed by atoms with Crippen molar-refractivity contribution in [3.63, 3.8) is 0 Å². The molecule has 1 amide bonds. The molecule has 0 saturated heterocycles. The highest BCUT2D eigenvalue weighted by Crippen LogP contribution is 2.16. The van der Waals surface area contributed by atoms with Crippen LogP contribution in [0.1, 0.15) is 213 Å². The molecule has 0 aromatic heterocycles. The number of rotatable bonds is 41. The molecule has 3 unspecified atom stereocenters. The first-order valence-corrected chi connectivity index (χ1v) is 23.7. The van der Waals surface area contributed by atoms with Crippen molar-refractivity contribution in [3.05, 3.63) is 72.9 Å². The maximum atomic E-state index is 13.1. The van der Waals surface area contributed by atoms with Gasteiger partial charge in [-0.2, -0.15) is 0 Å². The summed E-state index contributed by atoms with van der Waals surface area (Å²) in [4.78, 5) is 26.0. The van der Waals surface area contributed by atoms with E-state index in [0.29, 0.717) is 19.3 Å². The number of carbonyl (C=O) groups excluding carboxylic acids is 2. The van der Waals surface area contributed by atoms with Crippen LogP contribution < -0.4 is 5.32 Å². The van der Waals surface area contributed by atoms with Crippen LogP contribution in [0.3, 0.4) is 0 Å². The summed E-state index contributed by atoms with van der Waals surface area (Å²) < 4.78 is 5.88. The van der Waals surface area contributed by atoms with Gasteiger partial charge in [0.2, 0.25) is 5.91 Å². The number of hydrogen-bond donors (Lipinski definition) is 3. The molecule has 0 bridgehead atoms. The molecule has 6 nitrogen and oxygen atoms in total. The molecule has 0 aromatic rings. The number of ether oxygens (including phenoxy) is 1. The van der Waals surface area contributed by atoms with Crippen molar-refractivity contribution < 1.29 is 24.5 Å². The second-order valence-corrected chi connectivity index (χ2v) is 15.8. The quantitative estimate of drug-likeness (QED) is 0.0248. The first kappa shape index (κ1) is 54.3. The fraction of sp³-hybridized carbons (Fsp3) is 0.725. The monoisotopic (exact) mass is 796 g/mol. The van der Waals surface area contributed by atoms with Crippen molar-refractivity contribution in [2.45, 2.75) is 232 Å². The number of carbonyl (C=O) groups is 2. The standard InChI is InChI=1S/C51H89NO5/c1-4-7-10-13-16-19-21-23-25-27-29-32-35-38-41-44-51(56)57-47(42-39-36-33-31-28-26-24-22-20-17-14-11-8-5-2)45-50(55)52-48(46-53)49(54)43-40-37-34-30-18-15-12-9-6-3/h8,11,16-17,19-21,23-24,26,31,33,47-49,53-54H,4-7,9-10,12-15,18,22,25,27-30,32,34-46H2,1-3H3,(H,52,55)/b11-8+,19-16+,20-17+,23-21+,26-24+,33-31+. The predicted molar refractivity (Wildman–Crippen MR) is 245 cm³/mol. The number of aliphatic hydroxyl groups excluding tert-OH is 2. The van der Waals surface area contributed by atoms with Gasteiger partial charge in [-0.1, -0.05) is 190 Å². The molecule has 3 N–H and O–H groups in total. The SMILES string of the molecule is CC/C=C/C/C=C/C/C=C/C/C=C/CCCC(CC(=O)NC(CO)C(O)CCCCCCCCCCC)OC(=O)CCCCCCCC/C=C/C=C/CCCCC. The highest BCUT2D eigenvalue weighted by Gasteiger charge is 2.24. The molecule has 0 aromatic carbocycles. The Morgan fingerprint density at radius 2 is 1.02 bits per heavy atom. The van der Waals surface area contributed by atoms with Gasteiger partial charge < -0.3 is 20.3 Å². The summed E-state index contributed by atoms with van der Waals surface area (Å²) in [6, 6.07) is -0.722. The minimum absolute atomic E-state index is 0.0320. The Hall–Kier alpha value is -2.70. The van der Waals surface area contributed by atoms with Crippen LogP contribution in [-0.2, 0) is 14.3 Å². The number of unbranched alkanes of at least 4 members (excludes halogenated alkanes) is 18. The average molecular weight is 796 g/mol. The molecule has 0 aliphatic rings. The van der Waals surface area contributed by atoms with Gasteiger partial charge in [0, 0.05) is 6.42 Å². The summed E-state index contributed by atoms with van der Waals surface area (Å²) in [5, 5.41) is 23.6. The second-order valence-electron chi connectivity index (χ2n) is 15.8. The fourth-order valence-electron chi connectivity index (χ4n) is 6.71. The highest BCUT2D eigenvalue weighted by atomic mass is 16.5. The predicted octanol–water partition coefficient (Wildman–Crippen LogP) is 13.8. The van der Waals surface area contributed by atoms with Crippen molar-refractivity contribution >= 4 is 11.9 Å². The lowest BCUT2D eigenvalue weighted by molar-refractivity contribution is -0.151. The van der Waals surface area contributed by atoms with Gasteiger partial charge in [-0.3, -0.25) is 9.59 Å². The van der Waals surface area contributed by atoms with E-state index in [2.05, 4.69) is 99.0 Å². The third kappa shape index (κ3) is 39.9. The third-order valence-electron chi connectivity index (χ3n) is 10.3. The van der Waals surface area contributed by atoms with E-state index in [-0.39, 0.29) is 24.9 Å². The van der Waals surface area contributed by atoms with E-state index < -0.39 is 18.2 Å². The largest absolute Gasteiger partial charge is 0.462 e. The fourth-order valence-corrected chi connectivity index (χ4v) is 6.71. The third-order valence-corrected chi connectivity index (χ3v) is 10.3. The molecule has 0 saturated carbocycles. The topological polar surface area (TPSA) is 95.9 Å². The van der Waals surface area contributed by atoms with Gasteiger partial charge in [-0.05, 0) is 83.5 Å². The zero-order valence-corrected chi connectivity index (χ0v) is 37.2. The van der Waals surface area contributed by atoms with Crippen molar-refractivity contribution in [1.82, 2.24) is 5.32 Å². The maximum absolute atomic E-state index is 13.1. The Morgan fingerprint density at radius 3 is 1.60 bits per heavy atom. The normalized spacial score (nSPS) is 14.0. The number of amides is 1. The summed E-state index contributed by atoms with van der Waals surface area (Å²) in [7, 11) is 0. The van der Waals surface area contributed by atoms with E-state index in [1.165, 1.54) is 83.5 Å². The minimum Gasteiger partial charge on any atom is -0.462 e. The van der Waals surface area contributed by atoms with Crippen molar-refractivity contribution in [3.8, 4) is 0 Å². The minimum atomic E-state index is -0.804. The molecule has 3 atom stereocenters. The van der Waals surface area contributed by atoms with E-state index in [9.17, 15) is 19.8 Å². The zero-order chi connectivity index (χ0) is 41.7. The van der Waals surface area contributed by atoms with Crippen molar-refractivity contribution in [2.75, 3.05) is 6.61 Å². The molecule has 0 aliphatic heterocycles. The Morgan fingerprint density at radius 1 is 0.544 bits per heavy atom. The Balaban J connectivity index is 4.72. The van der Waals surface area contributed by atoms with E-state index in [1.54, 1.807) is 0 Å². The van der Waals surface area contributed by atoms with Gasteiger partial charge in [-0.25, -0.2) is 0 Å². The number of esters is 1. The average Bonchev–Trinajstić information content (AvgIpc) is 3.20. The summed E-state index contributed by atoms with van der Waals surface area (Å²) in [6.45, 7) is 6.28. The van der Waals surface area contributed by atoms with Crippen LogP contribution in [-0.4, -0.2) is 46.9 Å². The number of nitrogens with one attached hydrogen (secondary N) is 1. The lowest BCUT2D eigenvalue weighted by Gasteiger charge is -2.24. The molecule has 0 spiro atoms. The molecule has 0 fully saturated rings. The Labute approximate surface area is 351 Å². The van der Waals surface area contributed by atoms with Gasteiger partial charge >= 0.3 is 5.97 Å². The Kier molecular flexibility index (Phi) is 42.3. The molecular weight excluding hydrogens is 707 g/mol. The van der Waals surface area contributed by atoms with Crippen LogP contribution in [0.5, 0.6) is 0 Å². The first-order chi connectivity index (χ1) is 28.0. The Bertz CT molecular complexity index is 1070. The van der Waals surface area contributed by atoms with Gasteiger partial charge in [0.15, 0.2) is 0 Å². The van der Waals surface area contributed by atoms with Crippen LogP contribution in [0.25, 0.3) is 0 Å². The molecule has 6 heteroatoms. The number of allylic oxidation sites excluding steroid dienone is 12. The van der Waals surface area contributed by atoms with Gasteiger partial charge in [0.05, 0.1) is 25.2 Å². The smallest absolute Gasteiger partial charge is 0.306 e. The molecule has 0 aliphatic carbocycles. The van der Waals surface area contributed by atoms with E-state index in [1.807, 2.05) is 0 Å². The summed E-state index contributed by atoms with van der Waals surface area (Å²) in [5.41, 5.74) is 0. The van der Waals surface area contributed by atoms with Crippen LogP contribution in [0, 0.1) is 0 Å². The second kappa shape index (κ2) is 44.4. The van der Waals surface area contributed by atoms with Crippen LogP contribution in [0.15, 0.2) is 72.9 Å². The molecule has 328 valence electrons. The number of aliphatic hydroxyl groups is 2. The van der Waals surface area contributed by atoms with Crippen molar-refractivity contribution in [1.29, 1.82) is 0 Å². The molecule has 0 heterocycles. The molecule has 57 heavy (non-hydrogen) atoms. The van der Waals surface area contributed by atoms with Crippen LogP contribution in [0.2, 0.25) is 0 Å². The van der Waals surface area contributed by atoms with Gasteiger partial charge in [-0.15, -0.1) is 0 Å². The molecular formula is C51H89NO5. The summed E-state index contributed by atoms with van der Waals surface area (Å²) in [6.07, 6.45) is 55.3. The highest BCUT2D eigenvalue weighted by molar-refractivity contribution is 5.77. The van der Waals surface area contributed by atoms with E-state index in [0.717, 1.165) is 83.5 Å². The molecule has 0 radical (unpaired) electrons. The maximum Gasteiger partial charge on any atom is 0.306 e. The lowest BCUT2D eigenvalue weighted by atomic mass is 10.0. The van der Waals surface area contributed by atoms with E-state index >= 15 is 0 Å². The number of hydrogen-bond acceptors (Lipinski definition) is 5. The van der Waals surface area contributed by atoms with E-state index in [4.69, 9.17) is 4.74 Å². The lowest BCUT2D eigenvalue weighted by Crippen LogP contribution is -2.46. The zero-order valence-electron chi connectivity index (χ0n) is 37.2. The van der Waals surface area contributed by atoms with Gasteiger partial charge in [0.1, 0.15) is 6.10 Å². The summed E-state index contributed by atoms with van der Waals surface area (Å²) >= 11 is 0. The first-order valence-electron chi connectivity index (χ1n) is 23.7. The van der Waals surface area contributed by atoms with Crippen LogP contribution in [0.4, 0.5) is 0 Å². The van der Waals surface area contributed by atoms with Gasteiger partial charge in [0.25, 0.3) is 0 Å². The van der Waals surface area contributed by atoms with Crippen molar-refractivity contribution in [2.24, 2.45) is 0 Å².